The lowest BCUT2D eigenvalue weighted by Crippen LogP contribution is -2.35. The van der Waals surface area contributed by atoms with E-state index in [9.17, 15) is 9.59 Å². The predicted octanol–water partition coefficient (Wildman–Crippen LogP) is 3.08. The summed E-state index contributed by atoms with van der Waals surface area (Å²) in [7, 11) is 0. The van der Waals surface area contributed by atoms with Gasteiger partial charge in [-0.3, -0.25) is 14.9 Å². The zero-order valence-electron chi connectivity index (χ0n) is 12.8. The maximum absolute atomic E-state index is 12.5. The molecule has 116 valence electrons. The first-order chi connectivity index (χ1) is 10.5. The number of carbonyl (C=O) groups excluding carboxylic acids is 2. The summed E-state index contributed by atoms with van der Waals surface area (Å²) in [4.78, 5) is 29.2. The Hall–Kier alpha value is -2.21. The average Bonchev–Trinajstić information content (AvgIpc) is 2.94. The Kier molecular flexibility index (Phi) is 5.27. The number of hydrogen-bond donors (Lipinski definition) is 2. The summed E-state index contributed by atoms with van der Waals surface area (Å²) in [5.74, 6) is -0.194. The molecule has 1 atom stereocenters. The smallest absolute Gasteiger partial charge is 0.253 e. The minimum absolute atomic E-state index is 0.258. The molecule has 0 saturated heterocycles. The van der Waals surface area contributed by atoms with Gasteiger partial charge in [0.25, 0.3) is 5.91 Å². The van der Waals surface area contributed by atoms with E-state index in [0.29, 0.717) is 11.0 Å². The van der Waals surface area contributed by atoms with E-state index in [2.05, 4.69) is 29.5 Å². The van der Waals surface area contributed by atoms with Crippen molar-refractivity contribution >= 4 is 28.3 Å². The summed E-state index contributed by atoms with van der Waals surface area (Å²) in [6, 6.07) is 8.41. The highest BCUT2D eigenvalue weighted by atomic mass is 32.1. The first kappa shape index (κ1) is 16.2. The minimum atomic E-state index is -0.731. The van der Waals surface area contributed by atoms with E-state index in [0.717, 1.165) is 10.4 Å². The van der Waals surface area contributed by atoms with Gasteiger partial charge < -0.3 is 5.32 Å². The van der Waals surface area contributed by atoms with Crippen LogP contribution in [0.3, 0.4) is 0 Å². The monoisotopic (exact) mass is 317 g/mol. The van der Waals surface area contributed by atoms with Gasteiger partial charge in [0.05, 0.1) is 0 Å². The van der Waals surface area contributed by atoms with Crippen molar-refractivity contribution in [2.45, 2.75) is 32.7 Å². The van der Waals surface area contributed by atoms with Gasteiger partial charge in [-0.2, -0.15) is 0 Å². The van der Waals surface area contributed by atoms with E-state index in [4.69, 9.17) is 0 Å². The Morgan fingerprint density at radius 1 is 1.18 bits per heavy atom. The maximum Gasteiger partial charge on any atom is 0.253 e. The van der Waals surface area contributed by atoms with Gasteiger partial charge in [-0.1, -0.05) is 44.2 Å². The number of thiazole rings is 1. The molecule has 6 heteroatoms. The number of carbonyl (C=O) groups is 2. The maximum atomic E-state index is 12.5. The third-order valence-electron chi connectivity index (χ3n) is 3.07. The molecule has 2 rings (SSSR count). The molecule has 0 aliphatic heterocycles. The topological polar surface area (TPSA) is 71.1 Å². The third kappa shape index (κ3) is 4.14. The summed E-state index contributed by atoms with van der Waals surface area (Å²) >= 11 is 1.45. The van der Waals surface area contributed by atoms with Gasteiger partial charge in [0.1, 0.15) is 6.04 Å². The van der Waals surface area contributed by atoms with Gasteiger partial charge >= 0.3 is 0 Å². The van der Waals surface area contributed by atoms with Gasteiger partial charge in [-0.05, 0) is 11.5 Å². The van der Waals surface area contributed by atoms with E-state index < -0.39 is 6.04 Å². The molecule has 1 aromatic heterocycles. The van der Waals surface area contributed by atoms with Crippen LogP contribution in [0.4, 0.5) is 5.13 Å². The number of aromatic nitrogens is 1. The number of anilines is 1. The predicted molar refractivity (Wildman–Crippen MR) is 87.8 cm³/mol. The van der Waals surface area contributed by atoms with Gasteiger partial charge in [0.2, 0.25) is 5.91 Å². The molecule has 0 bridgehead atoms. The van der Waals surface area contributed by atoms with Gasteiger partial charge in [-0.25, -0.2) is 4.98 Å². The van der Waals surface area contributed by atoms with Crippen LogP contribution in [-0.2, 0) is 9.59 Å². The zero-order valence-corrected chi connectivity index (χ0v) is 13.6. The van der Waals surface area contributed by atoms with E-state index in [1.165, 1.54) is 18.3 Å². The molecule has 22 heavy (non-hydrogen) atoms. The number of amides is 2. The Morgan fingerprint density at radius 2 is 1.86 bits per heavy atom. The first-order valence-corrected chi connectivity index (χ1v) is 7.87. The number of rotatable bonds is 5. The molecule has 0 aliphatic rings. The fraction of sp³-hybridized carbons (Fsp3) is 0.312. The van der Waals surface area contributed by atoms with E-state index in [1.807, 2.05) is 30.3 Å². The Bertz CT molecular complexity index is 652. The molecule has 5 nitrogen and oxygen atoms in total. The molecule has 0 saturated carbocycles. The second-order valence-electron chi connectivity index (χ2n) is 5.26. The number of nitrogens with one attached hydrogen (secondary N) is 2. The van der Waals surface area contributed by atoms with Crippen LogP contribution in [0.2, 0.25) is 0 Å². The van der Waals surface area contributed by atoms with Crippen LogP contribution in [0.15, 0.2) is 36.5 Å². The van der Waals surface area contributed by atoms with Crippen molar-refractivity contribution in [1.82, 2.24) is 10.3 Å². The van der Waals surface area contributed by atoms with Crippen molar-refractivity contribution in [3.63, 3.8) is 0 Å². The molecule has 1 aromatic carbocycles. The molecule has 2 aromatic rings. The Balaban J connectivity index is 2.16. The highest BCUT2D eigenvalue weighted by molar-refractivity contribution is 7.15. The quantitative estimate of drug-likeness (QED) is 0.890. The van der Waals surface area contributed by atoms with Crippen molar-refractivity contribution in [1.29, 1.82) is 0 Å². The summed E-state index contributed by atoms with van der Waals surface area (Å²) < 4.78 is 0. The molecule has 0 radical (unpaired) electrons. The van der Waals surface area contributed by atoms with Crippen LogP contribution in [0.25, 0.3) is 0 Å². The molecule has 1 unspecified atom stereocenters. The Morgan fingerprint density at radius 3 is 2.41 bits per heavy atom. The fourth-order valence-electron chi connectivity index (χ4n) is 1.94. The van der Waals surface area contributed by atoms with Crippen LogP contribution < -0.4 is 10.6 Å². The summed E-state index contributed by atoms with van der Waals surface area (Å²) in [5.41, 5.74) is 0.732. The van der Waals surface area contributed by atoms with E-state index >= 15 is 0 Å². The lowest BCUT2D eigenvalue weighted by molar-refractivity contribution is -0.125. The summed E-state index contributed by atoms with van der Waals surface area (Å²) in [6.07, 6.45) is 1.76. The standard InChI is InChI=1S/C16H19N3O2S/c1-10(2)13-9-17-16(22-13)19-15(21)14(18-11(3)20)12-7-5-4-6-8-12/h4-10,14H,1-3H3,(H,18,20)(H,17,19,21). The number of nitrogens with zero attached hydrogens (tertiary/aromatic N) is 1. The van der Waals surface area contributed by atoms with Crippen LogP contribution in [-0.4, -0.2) is 16.8 Å². The lowest BCUT2D eigenvalue weighted by Gasteiger charge is -2.17. The summed E-state index contributed by atoms with van der Waals surface area (Å²) in [6.45, 7) is 5.54. The second kappa shape index (κ2) is 7.17. The third-order valence-corrected chi connectivity index (χ3v) is 4.28. The zero-order chi connectivity index (χ0) is 16.1. The molecule has 0 spiro atoms. The van der Waals surface area contributed by atoms with Gasteiger partial charge in [0, 0.05) is 18.0 Å². The van der Waals surface area contributed by atoms with Gasteiger partial charge in [0.15, 0.2) is 5.13 Å². The molecule has 2 N–H and O–H groups in total. The molecular formula is C16H19N3O2S. The highest BCUT2D eigenvalue weighted by Crippen LogP contribution is 2.26. The van der Waals surface area contributed by atoms with E-state index in [-0.39, 0.29) is 11.8 Å². The molecule has 1 heterocycles. The van der Waals surface area contributed by atoms with Crippen molar-refractivity contribution < 1.29 is 9.59 Å². The van der Waals surface area contributed by atoms with Crippen LogP contribution >= 0.6 is 11.3 Å². The fourth-order valence-corrected chi connectivity index (χ4v) is 2.76. The molecule has 0 aliphatic carbocycles. The van der Waals surface area contributed by atoms with Crippen molar-refractivity contribution in [3.8, 4) is 0 Å². The normalized spacial score (nSPS) is 12.0. The highest BCUT2D eigenvalue weighted by Gasteiger charge is 2.22. The average molecular weight is 317 g/mol. The SMILES string of the molecule is CC(=O)NC(C(=O)Nc1ncc(C(C)C)s1)c1ccccc1. The Labute approximate surface area is 133 Å². The first-order valence-electron chi connectivity index (χ1n) is 7.06. The molecule has 2 amide bonds. The van der Waals surface area contributed by atoms with Crippen molar-refractivity contribution in [2.75, 3.05) is 5.32 Å². The number of hydrogen-bond acceptors (Lipinski definition) is 4. The van der Waals surface area contributed by atoms with Crippen LogP contribution in [0.5, 0.6) is 0 Å². The minimum Gasteiger partial charge on any atom is -0.341 e. The van der Waals surface area contributed by atoms with Crippen molar-refractivity contribution in [3.05, 3.63) is 47.0 Å². The van der Waals surface area contributed by atoms with E-state index in [1.54, 1.807) is 6.20 Å². The molecule has 0 fully saturated rings. The lowest BCUT2D eigenvalue weighted by atomic mass is 10.1. The largest absolute Gasteiger partial charge is 0.341 e. The second-order valence-corrected chi connectivity index (χ2v) is 6.32. The van der Waals surface area contributed by atoms with Crippen LogP contribution in [0, 0.1) is 0 Å². The van der Waals surface area contributed by atoms with Gasteiger partial charge in [-0.15, -0.1) is 11.3 Å². The summed E-state index contributed by atoms with van der Waals surface area (Å²) in [5, 5.41) is 5.99. The van der Waals surface area contributed by atoms with Crippen molar-refractivity contribution in [2.24, 2.45) is 0 Å². The molecular weight excluding hydrogens is 298 g/mol. The van der Waals surface area contributed by atoms with Crippen LogP contribution in [0.1, 0.15) is 43.2 Å². The number of benzene rings is 1.